The number of sulfonamides is 1. The van der Waals surface area contributed by atoms with E-state index in [1.54, 1.807) is 16.5 Å². The molecule has 2 aromatic heterocycles. The summed E-state index contributed by atoms with van der Waals surface area (Å²) < 4.78 is 70.2. The average molecular weight is 643 g/mol. The van der Waals surface area contributed by atoms with Gasteiger partial charge in [0.25, 0.3) is 0 Å². The molecular weight excluding hydrogens is 617 g/mol. The number of hydrogen-bond donors (Lipinski definition) is 3. The van der Waals surface area contributed by atoms with Gasteiger partial charge in [-0.15, -0.1) is 11.3 Å². The SMILES string of the molecule is O=S(=O)(N[C@H]1CC2=C(c3ccn(C(F)F)n3)[C@H](c3ccc(F)cc3Cl)N=C(c3nccs3)N2C1)C1(C[C@H](O)CO)CC1. The molecule has 224 valence electrons. The molecule has 3 atom stereocenters. The second-order valence-corrected chi connectivity index (χ2v) is 13.9. The molecule has 0 amide bonds. The van der Waals surface area contributed by atoms with Crippen molar-refractivity contribution in [2.24, 2.45) is 4.99 Å². The quantitative estimate of drug-likeness (QED) is 0.307. The third-order valence-corrected chi connectivity index (χ3v) is 11.2. The minimum atomic E-state index is -3.92. The van der Waals surface area contributed by atoms with E-state index in [1.807, 2.05) is 0 Å². The van der Waals surface area contributed by atoms with Crippen molar-refractivity contribution in [1.82, 2.24) is 24.4 Å². The maximum Gasteiger partial charge on any atom is 0.333 e. The molecule has 2 aliphatic heterocycles. The van der Waals surface area contributed by atoms with E-state index in [4.69, 9.17) is 16.6 Å². The van der Waals surface area contributed by atoms with E-state index in [0.29, 0.717) is 45.2 Å². The monoisotopic (exact) mass is 642 g/mol. The standard InChI is InChI=1S/C26H26ClF3N6O4S2/c27-18-9-14(28)1-2-17(18)22-21(19-3-7-36(33-19)25(29)30)20-10-15(12-35(20)23(32-22)24-31-6-8-41-24)34-42(39,40)26(4-5-26)11-16(38)13-37/h1-3,6-9,15-16,22,25,34,37-38H,4-5,10-13H2/t15-,16-,22-/m0/s1. The van der Waals surface area contributed by atoms with Gasteiger partial charge in [-0.05, 0) is 37.5 Å². The number of aromatic nitrogens is 3. The number of hydrogen-bond acceptors (Lipinski definition) is 9. The third-order valence-electron chi connectivity index (χ3n) is 7.74. The van der Waals surface area contributed by atoms with Gasteiger partial charge in [-0.25, -0.2) is 27.2 Å². The highest BCUT2D eigenvalue weighted by Gasteiger charge is 2.56. The molecule has 1 aliphatic carbocycles. The number of nitrogens with zero attached hydrogens (tertiary/aromatic N) is 5. The first-order valence-corrected chi connectivity index (χ1v) is 15.8. The van der Waals surface area contributed by atoms with Gasteiger partial charge in [0.05, 0.1) is 23.2 Å². The number of thiazole rings is 1. The number of aliphatic imine (C=N–C) groups is 1. The fraction of sp³-hybridized carbons (Fsp3) is 0.423. The molecule has 6 rings (SSSR count). The summed E-state index contributed by atoms with van der Waals surface area (Å²) in [6.45, 7) is -3.27. The van der Waals surface area contributed by atoms with Crippen molar-refractivity contribution in [3.05, 3.63) is 74.8 Å². The van der Waals surface area contributed by atoms with E-state index in [-0.39, 0.29) is 30.1 Å². The van der Waals surface area contributed by atoms with Gasteiger partial charge < -0.3 is 15.1 Å². The van der Waals surface area contributed by atoms with Crippen molar-refractivity contribution >= 4 is 44.4 Å². The highest BCUT2D eigenvalue weighted by atomic mass is 35.5. The lowest BCUT2D eigenvalue weighted by Crippen LogP contribution is -2.45. The van der Waals surface area contributed by atoms with Crippen molar-refractivity contribution < 1.29 is 31.8 Å². The minimum Gasteiger partial charge on any atom is -0.394 e. The lowest BCUT2D eigenvalue weighted by atomic mass is 9.92. The Morgan fingerprint density at radius 1 is 1.26 bits per heavy atom. The van der Waals surface area contributed by atoms with E-state index in [0.717, 1.165) is 12.3 Å². The molecule has 0 radical (unpaired) electrons. The van der Waals surface area contributed by atoms with Gasteiger partial charge in [-0.3, -0.25) is 4.99 Å². The zero-order valence-corrected chi connectivity index (χ0v) is 24.3. The summed E-state index contributed by atoms with van der Waals surface area (Å²) in [5.74, 6) is -0.127. The maximum atomic E-state index is 14.0. The molecule has 42 heavy (non-hydrogen) atoms. The Bertz CT molecular complexity index is 1660. The number of amidine groups is 1. The second-order valence-electron chi connectivity index (χ2n) is 10.5. The van der Waals surface area contributed by atoms with E-state index < -0.39 is 51.9 Å². The minimum absolute atomic E-state index is 0.0791. The molecule has 1 aromatic carbocycles. The molecule has 0 spiro atoms. The lowest BCUT2D eigenvalue weighted by Gasteiger charge is -2.32. The lowest BCUT2D eigenvalue weighted by molar-refractivity contribution is 0.0564. The van der Waals surface area contributed by atoms with Crippen LogP contribution in [0.3, 0.4) is 0 Å². The number of aliphatic hydroxyl groups is 2. The van der Waals surface area contributed by atoms with Gasteiger partial charge in [-0.2, -0.15) is 13.9 Å². The maximum absolute atomic E-state index is 14.0. The van der Waals surface area contributed by atoms with Gasteiger partial charge in [-0.1, -0.05) is 17.7 Å². The number of fused-ring (bicyclic) bond motifs is 1. The highest BCUT2D eigenvalue weighted by Crippen LogP contribution is 2.49. The van der Waals surface area contributed by atoms with Crippen molar-refractivity contribution in [3.63, 3.8) is 0 Å². The Hall–Kier alpha value is -2.82. The molecule has 2 fully saturated rings. The average Bonchev–Trinajstić information content (AvgIpc) is 3.33. The van der Waals surface area contributed by atoms with Crippen LogP contribution in [0.4, 0.5) is 13.2 Å². The normalized spacial score (nSPS) is 22.5. The summed E-state index contributed by atoms with van der Waals surface area (Å²) >= 11 is 7.80. The summed E-state index contributed by atoms with van der Waals surface area (Å²) in [4.78, 5) is 11.1. The van der Waals surface area contributed by atoms with Crippen LogP contribution in [0, 0.1) is 5.82 Å². The van der Waals surface area contributed by atoms with E-state index in [1.165, 1.54) is 29.5 Å². The molecule has 4 heterocycles. The fourth-order valence-corrected chi connectivity index (χ4v) is 8.40. The zero-order valence-electron chi connectivity index (χ0n) is 21.9. The van der Waals surface area contributed by atoms with E-state index in [9.17, 15) is 31.8 Å². The molecule has 3 aromatic rings. The van der Waals surface area contributed by atoms with Crippen LogP contribution >= 0.6 is 22.9 Å². The van der Waals surface area contributed by atoms with Crippen LogP contribution in [0.15, 0.2) is 52.7 Å². The van der Waals surface area contributed by atoms with Gasteiger partial charge in [0.15, 0.2) is 10.8 Å². The molecule has 3 aliphatic rings. The Morgan fingerprint density at radius 2 is 2.05 bits per heavy atom. The van der Waals surface area contributed by atoms with E-state index in [2.05, 4.69) is 14.8 Å². The number of halogens is 4. The predicted molar refractivity (Wildman–Crippen MR) is 150 cm³/mol. The zero-order chi connectivity index (χ0) is 29.8. The molecule has 1 saturated carbocycles. The molecule has 10 nitrogen and oxygen atoms in total. The number of nitrogens with one attached hydrogen (secondary N) is 1. The Labute approximate surface area is 248 Å². The van der Waals surface area contributed by atoms with Gasteiger partial charge in [0, 0.05) is 58.6 Å². The molecular formula is C26H26ClF3N6O4S2. The molecule has 3 N–H and O–H groups in total. The van der Waals surface area contributed by atoms with Crippen molar-refractivity contribution in [1.29, 1.82) is 0 Å². The van der Waals surface area contributed by atoms with Crippen molar-refractivity contribution in [2.75, 3.05) is 13.2 Å². The molecule has 1 saturated heterocycles. The first-order chi connectivity index (χ1) is 20.0. The topological polar surface area (TPSA) is 133 Å². The summed E-state index contributed by atoms with van der Waals surface area (Å²) in [5.41, 5.74) is 1.63. The Balaban J connectivity index is 1.45. The number of benzene rings is 1. The van der Waals surface area contributed by atoms with Crippen LogP contribution in [0.5, 0.6) is 0 Å². The highest BCUT2D eigenvalue weighted by molar-refractivity contribution is 7.91. The Kier molecular flexibility index (Phi) is 7.68. The first-order valence-electron chi connectivity index (χ1n) is 13.1. The summed E-state index contributed by atoms with van der Waals surface area (Å²) in [7, 11) is -3.92. The summed E-state index contributed by atoms with van der Waals surface area (Å²) in [6.07, 6.45) is 2.35. The van der Waals surface area contributed by atoms with Crippen LogP contribution < -0.4 is 4.72 Å². The summed E-state index contributed by atoms with van der Waals surface area (Å²) in [5, 5.41) is 25.7. The summed E-state index contributed by atoms with van der Waals surface area (Å²) in [6, 6.07) is 3.75. The molecule has 0 unspecified atom stereocenters. The Morgan fingerprint density at radius 3 is 2.67 bits per heavy atom. The number of aliphatic hydroxyl groups excluding tert-OH is 2. The third kappa shape index (κ3) is 5.26. The van der Waals surface area contributed by atoms with Gasteiger partial charge in [0.2, 0.25) is 10.0 Å². The fourth-order valence-electron chi connectivity index (χ4n) is 5.59. The van der Waals surface area contributed by atoms with Crippen LogP contribution in [-0.4, -0.2) is 74.2 Å². The van der Waals surface area contributed by atoms with Crippen molar-refractivity contribution in [3.8, 4) is 0 Å². The van der Waals surface area contributed by atoms with Crippen molar-refractivity contribution in [2.45, 2.75) is 55.2 Å². The molecule has 0 bridgehead atoms. The largest absolute Gasteiger partial charge is 0.394 e. The van der Waals surface area contributed by atoms with E-state index >= 15 is 0 Å². The second kappa shape index (κ2) is 11.0. The van der Waals surface area contributed by atoms with Gasteiger partial charge in [0.1, 0.15) is 11.9 Å². The number of rotatable bonds is 10. The first kappa shape index (κ1) is 29.3. The predicted octanol–water partition coefficient (Wildman–Crippen LogP) is 3.71. The van der Waals surface area contributed by atoms with Crippen LogP contribution in [-0.2, 0) is 10.0 Å². The van der Waals surface area contributed by atoms with Crippen LogP contribution in [0.25, 0.3) is 5.57 Å². The van der Waals surface area contributed by atoms with Gasteiger partial charge >= 0.3 is 6.55 Å². The number of alkyl halides is 2. The smallest absolute Gasteiger partial charge is 0.333 e. The molecule has 16 heteroatoms. The van der Waals surface area contributed by atoms with Crippen LogP contribution in [0.1, 0.15) is 54.5 Å². The van der Waals surface area contributed by atoms with Crippen LogP contribution in [0.2, 0.25) is 5.02 Å².